The Bertz CT molecular complexity index is 692. The molecule has 19 heavy (non-hydrogen) atoms. The number of hydrogen-bond donors (Lipinski definition) is 1. The highest BCUT2D eigenvalue weighted by Gasteiger charge is 2.27. The van der Waals surface area contributed by atoms with Crippen molar-refractivity contribution in [3.8, 4) is 11.1 Å². The lowest BCUT2D eigenvalue weighted by atomic mass is 10.0. The lowest BCUT2D eigenvalue weighted by Gasteiger charge is -2.08. The third-order valence-electron chi connectivity index (χ3n) is 2.91. The van der Waals surface area contributed by atoms with Crippen molar-refractivity contribution in [3.05, 3.63) is 35.0 Å². The lowest BCUT2D eigenvalue weighted by Crippen LogP contribution is -2.09. The molecule has 0 amide bonds. The first-order valence-electron chi connectivity index (χ1n) is 5.50. The molecule has 0 aliphatic carbocycles. The van der Waals surface area contributed by atoms with E-state index in [4.69, 9.17) is 21.9 Å². The van der Waals surface area contributed by atoms with Gasteiger partial charge in [-0.3, -0.25) is 0 Å². The zero-order chi connectivity index (χ0) is 14.2. The molecule has 0 aliphatic rings. The summed E-state index contributed by atoms with van der Waals surface area (Å²) < 4.78 is 28.2. The molecule has 1 aromatic carbocycles. The minimum absolute atomic E-state index is 0.0906. The van der Waals surface area contributed by atoms with Crippen molar-refractivity contribution in [1.82, 2.24) is 5.16 Å². The summed E-state index contributed by atoms with van der Waals surface area (Å²) >= 11 is 5.82. The number of hydrogen-bond acceptors (Lipinski definition) is 5. The van der Waals surface area contributed by atoms with E-state index in [0.717, 1.165) is 6.26 Å². The van der Waals surface area contributed by atoms with E-state index in [-0.39, 0.29) is 5.88 Å². The van der Waals surface area contributed by atoms with Crippen molar-refractivity contribution in [2.75, 3.05) is 12.0 Å². The Morgan fingerprint density at radius 3 is 2.42 bits per heavy atom. The fraction of sp³-hybridized carbons (Fsp3) is 0.250. The minimum atomic E-state index is -3.29. The molecule has 2 aromatic rings. The molecule has 2 rings (SSSR count). The second-order valence-electron chi connectivity index (χ2n) is 4.29. The van der Waals surface area contributed by atoms with Crippen LogP contribution < -0.4 is 5.73 Å². The molecule has 2 N–H and O–H groups in total. The number of anilines is 1. The standard InChI is InChI=1S/C12H13ClN2O3S/c1-7(19(2,16)17)11-10(12(14)18-15-11)8-3-5-9(13)6-4-8/h3-7H,14H2,1-2H3. The predicted molar refractivity (Wildman–Crippen MR) is 74.6 cm³/mol. The molecule has 7 heteroatoms. The van der Waals surface area contributed by atoms with E-state index in [2.05, 4.69) is 5.16 Å². The quantitative estimate of drug-likeness (QED) is 0.941. The first kappa shape index (κ1) is 13.9. The molecule has 0 aliphatic heterocycles. The Morgan fingerprint density at radius 1 is 1.32 bits per heavy atom. The molecule has 0 bridgehead atoms. The minimum Gasteiger partial charge on any atom is -0.367 e. The molecule has 102 valence electrons. The van der Waals surface area contributed by atoms with Crippen molar-refractivity contribution in [2.45, 2.75) is 12.2 Å². The zero-order valence-corrected chi connectivity index (χ0v) is 12.0. The van der Waals surface area contributed by atoms with Gasteiger partial charge in [-0.1, -0.05) is 28.9 Å². The van der Waals surface area contributed by atoms with Gasteiger partial charge in [0.15, 0.2) is 9.84 Å². The van der Waals surface area contributed by atoms with Crippen LogP contribution in [-0.4, -0.2) is 19.8 Å². The SMILES string of the molecule is CC(c1noc(N)c1-c1ccc(Cl)cc1)S(C)(=O)=O. The number of nitrogens with zero attached hydrogens (tertiary/aromatic N) is 1. The highest BCUT2D eigenvalue weighted by Crippen LogP contribution is 2.36. The molecule has 0 saturated heterocycles. The Kier molecular flexibility index (Phi) is 3.56. The average Bonchev–Trinajstić information content (AvgIpc) is 2.70. The summed E-state index contributed by atoms with van der Waals surface area (Å²) in [7, 11) is -3.29. The smallest absolute Gasteiger partial charge is 0.230 e. The van der Waals surface area contributed by atoms with Gasteiger partial charge in [0.2, 0.25) is 5.88 Å². The number of benzene rings is 1. The molecule has 0 fully saturated rings. The van der Waals surface area contributed by atoms with Crippen LogP contribution in [0.2, 0.25) is 5.02 Å². The van der Waals surface area contributed by atoms with Gasteiger partial charge >= 0.3 is 0 Å². The summed E-state index contributed by atoms with van der Waals surface area (Å²) in [6.45, 7) is 1.55. The topological polar surface area (TPSA) is 86.2 Å². The van der Waals surface area contributed by atoms with Crippen LogP contribution in [0.25, 0.3) is 11.1 Å². The first-order valence-corrected chi connectivity index (χ1v) is 7.84. The van der Waals surface area contributed by atoms with Crippen LogP contribution in [0.1, 0.15) is 17.9 Å². The summed E-state index contributed by atoms with van der Waals surface area (Å²) in [5, 5.41) is 3.56. The number of nitrogen functional groups attached to an aromatic ring is 1. The maximum absolute atomic E-state index is 11.6. The van der Waals surface area contributed by atoms with Crippen molar-refractivity contribution in [2.24, 2.45) is 0 Å². The molecule has 1 unspecified atom stereocenters. The molecule has 1 atom stereocenters. The Labute approximate surface area is 116 Å². The number of halogens is 1. The van der Waals surface area contributed by atoms with E-state index < -0.39 is 15.1 Å². The number of sulfone groups is 1. The van der Waals surface area contributed by atoms with Crippen molar-refractivity contribution < 1.29 is 12.9 Å². The molecule has 1 aromatic heterocycles. The molecular weight excluding hydrogens is 288 g/mol. The monoisotopic (exact) mass is 300 g/mol. The zero-order valence-electron chi connectivity index (χ0n) is 10.4. The van der Waals surface area contributed by atoms with Crippen molar-refractivity contribution >= 4 is 27.3 Å². The average molecular weight is 301 g/mol. The Hall–Kier alpha value is -1.53. The van der Waals surface area contributed by atoms with Crippen LogP contribution in [0.3, 0.4) is 0 Å². The van der Waals surface area contributed by atoms with Gasteiger partial charge in [0.25, 0.3) is 0 Å². The second kappa shape index (κ2) is 4.86. The van der Waals surface area contributed by atoms with Crippen LogP contribution in [-0.2, 0) is 9.84 Å². The van der Waals surface area contributed by atoms with Crippen LogP contribution in [0.4, 0.5) is 5.88 Å². The van der Waals surface area contributed by atoms with E-state index in [1.54, 1.807) is 31.2 Å². The molecule has 5 nitrogen and oxygen atoms in total. The van der Waals surface area contributed by atoms with Crippen molar-refractivity contribution in [3.63, 3.8) is 0 Å². The largest absolute Gasteiger partial charge is 0.367 e. The van der Waals surface area contributed by atoms with Gasteiger partial charge in [0, 0.05) is 11.3 Å². The van der Waals surface area contributed by atoms with E-state index >= 15 is 0 Å². The van der Waals surface area contributed by atoms with E-state index in [1.165, 1.54) is 0 Å². The van der Waals surface area contributed by atoms with Crippen molar-refractivity contribution in [1.29, 1.82) is 0 Å². The summed E-state index contributed by atoms with van der Waals surface area (Å²) in [6.07, 6.45) is 1.15. The van der Waals surface area contributed by atoms with Gasteiger partial charge in [0.05, 0.1) is 5.56 Å². The normalized spacial score (nSPS) is 13.4. The van der Waals surface area contributed by atoms with Crippen LogP contribution in [0.15, 0.2) is 28.8 Å². The highest BCUT2D eigenvalue weighted by atomic mass is 35.5. The fourth-order valence-electron chi connectivity index (χ4n) is 1.70. The predicted octanol–water partition coefficient (Wildman–Crippen LogP) is 2.68. The maximum atomic E-state index is 11.6. The summed E-state index contributed by atoms with van der Waals surface area (Å²) in [4.78, 5) is 0. The highest BCUT2D eigenvalue weighted by molar-refractivity contribution is 7.90. The molecular formula is C12H13ClN2O3S. The third-order valence-corrected chi connectivity index (χ3v) is 4.66. The molecule has 0 saturated carbocycles. The lowest BCUT2D eigenvalue weighted by molar-refractivity contribution is 0.427. The second-order valence-corrected chi connectivity index (χ2v) is 7.09. The third kappa shape index (κ3) is 2.74. The van der Waals surface area contributed by atoms with Gasteiger partial charge in [-0.25, -0.2) is 8.42 Å². The van der Waals surface area contributed by atoms with Crippen LogP contribution >= 0.6 is 11.6 Å². The fourth-order valence-corrected chi connectivity index (χ4v) is 2.40. The van der Waals surface area contributed by atoms with Gasteiger partial charge < -0.3 is 10.3 Å². The maximum Gasteiger partial charge on any atom is 0.230 e. The Morgan fingerprint density at radius 2 is 1.89 bits per heavy atom. The van der Waals surface area contributed by atoms with E-state index in [9.17, 15) is 8.42 Å². The van der Waals surface area contributed by atoms with Gasteiger partial charge in [-0.05, 0) is 24.6 Å². The number of nitrogens with two attached hydrogens (primary N) is 1. The van der Waals surface area contributed by atoms with Gasteiger partial charge in [-0.15, -0.1) is 0 Å². The molecule has 1 heterocycles. The van der Waals surface area contributed by atoms with Gasteiger partial charge in [-0.2, -0.15) is 0 Å². The summed E-state index contributed by atoms with van der Waals surface area (Å²) in [6, 6.07) is 6.86. The first-order chi connectivity index (χ1) is 8.80. The summed E-state index contributed by atoms with van der Waals surface area (Å²) in [5.41, 5.74) is 7.25. The van der Waals surface area contributed by atoms with Crippen LogP contribution in [0.5, 0.6) is 0 Å². The Balaban J connectivity index is 2.58. The van der Waals surface area contributed by atoms with E-state index in [0.29, 0.717) is 21.8 Å². The van der Waals surface area contributed by atoms with E-state index in [1.807, 2.05) is 0 Å². The number of rotatable bonds is 3. The summed E-state index contributed by atoms with van der Waals surface area (Å²) in [5.74, 6) is 0.0906. The number of aromatic nitrogens is 1. The van der Waals surface area contributed by atoms with Gasteiger partial charge in [0.1, 0.15) is 10.9 Å². The van der Waals surface area contributed by atoms with Crippen LogP contribution in [0, 0.1) is 0 Å². The molecule has 0 spiro atoms. The molecule has 0 radical (unpaired) electrons.